The van der Waals surface area contributed by atoms with Gasteiger partial charge in [-0.3, -0.25) is 4.79 Å². The van der Waals surface area contributed by atoms with Gasteiger partial charge >= 0.3 is 0 Å². The van der Waals surface area contributed by atoms with Gasteiger partial charge in [0.15, 0.2) is 0 Å². The quantitative estimate of drug-likeness (QED) is 0.831. The second-order valence-electron chi connectivity index (χ2n) is 4.98. The van der Waals surface area contributed by atoms with Gasteiger partial charge in [-0.05, 0) is 44.5 Å². The zero-order valence-electron chi connectivity index (χ0n) is 12.7. The number of imidazole rings is 1. The fraction of sp³-hybridized carbons (Fsp3) is 0.375. The van der Waals surface area contributed by atoms with E-state index in [1.54, 1.807) is 7.11 Å². The average Bonchev–Trinajstić information content (AvgIpc) is 2.80. The first-order valence-electron chi connectivity index (χ1n) is 7.01. The molecule has 0 saturated carbocycles. The fourth-order valence-electron chi connectivity index (χ4n) is 2.06. The van der Waals surface area contributed by atoms with Gasteiger partial charge in [0.2, 0.25) is 5.91 Å². The molecular weight excluding hydrogens is 266 g/mol. The van der Waals surface area contributed by atoms with Crippen LogP contribution in [0.2, 0.25) is 0 Å². The Bertz CT molecular complexity index is 602. The van der Waals surface area contributed by atoms with E-state index in [9.17, 15) is 4.79 Å². The number of benzene rings is 1. The van der Waals surface area contributed by atoms with Crippen molar-refractivity contribution >= 4 is 11.6 Å². The number of hydrogen-bond acceptors (Lipinski definition) is 3. The zero-order valence-corrected chi connectivity index (χ0v) is 12.7. The number of methoxy groups -OCH3 is 1. The van der Waals surface area contributed by atoms with Crippen LogP contribution < -0.4 is 5.32 Å². The number of hydrogen-bond donors (Lipinski definition) is 1. The van der Waals surface area contributed by atoms with Crippen molar-refractivity contribution in [2.45, 2.75) is 26.7 Å². The van der Waals surface area contributed by atoms with E-state index in [2.05, 4.69) is 10.3 Å². The van der Waals surface area contributed by atoms with Crippen molar-refractivity contribution in [1.82, 2.24) is 9.55 Å². The molecule has 0 aliphatic rings. The second-order valence-corrected chi connectivity index (χ2v) is 4.98. The number of carbonyl (C=O) groups is 1. The van der Waals surface area contributed by atoms with Crippen LogP contribution in [0.15, 0.2) is 30.6 Å². The van der Waals surface area contributed by atoms with Crippen LogP contribution >= 0.6 is 0 Å². The highest BCUT2D eigenvalue weighted by molar-refractivity contribution is 5.90. The number of nitrogens with one attached hydrogen (secondary N) is 1. The van der Waals surface area contributed by atoms with Gasteiger partial charge < -0.3 is 14.6 Å². The highest BCUT2D eigenvalue weighted by Gasteiger charge is 2.05. The van der Waals surface area contributed by atoms with Crippen LogP contribution in [0.3, 0.4) is 0 Å². The van der Waals surface area contributed by atoms with E-state index >= 15 is 0 Å². The molecule has 0 bridgehead atoms. The zero-order chi connectivity index (χ0) is 15.2. The molecule has 0 atom stereocenters. The van der Waals surface area contributed by atoms with Crippen molar-refractivity contribution in [3.8, 4) is 5.69 Å². The van der Waals surface area contributed by atoms with Crippen molar-refractivity contribution in [3.05, 3.63) is 42.0 Å². The van der Waals surface area contributed by atoms with Gasteiger partial charge in [-0.2, -0.15) is 0 Å². The summed E-state index contributed by atoms with van der Waals surface area (Å²) in [4.78, 5) is 16.0. The summed E-state index contributed by atoms with van der Waals surface area (Å²) in [6.07, 6.45) is 3.01. The summed E-state index contributed by atoms with van der Waals surface area (Å²) in [7, 11) is 1.64. The van der Waals surface area contributed by atoms with E-state index in [4.69, 9.17) is 4.74 Å². The van der Waals surface area contributed by atoms with Crippen molar-refractivity contribution in [3.63, 3.8) is 0 Å². The van der Waals surface area contributed by atoms with E-state index in [1.165, 1.54) is 0 Å². The first kappa shape index (κ1) is 15.3. The third-order valence-electron chi connectivity index (χ3n) is 3.43. The number of aryl methyl sites for hydroxylation is 1. The van der Waals surface area contributed by atoms with Crippen LogP contribution in [-0.4, -0.2) is 29.2 Å². The van der Waals surface area contributed by atoms with Crippen molar-refractivity contribution in [1.29, 1.82) is 0 Å². The minimum absolute atomic E-state index is 0.00876. The lowest BCUT2D eigenvalue weighted by molar-refractivity contribution is -0.116. The van der Waals surface area contributed by atoms with E-state index in [0.717, 1.165) is 29.2 Å². The molecule has 0 aliphatic carbocycles. The van der Waals surface area contributed by atoms with Gasteiger partial charge in [-0.15, -0.1) is 0 Å². The maximum absolute atomic E-state index is 11.7. The molecule has 112 valence electrons. The highest BCUT2D eigenvalue weighted by Crippen LogP contribution is 2.16. The maximum Gasteiger partial charge on any atom is 0.224 e. The summed E-state index contributed by atoms with van der Waals surface area (Å²) < 4.78 is 6.96. The number of aromatic nitrogens is 2. The SMILES string of the molecule is COCCCC(=O)Nc1ccc(-n2cnc(C)c2C)cc1. The number of amides is 1. The number of rotatable bonds is 6. The number of ether oxygens (including phenoxy) is 1. The van der Waals surface area contributed by atoms with E-state index < -0.39 is 0 Å². The average molecular weight is 287 g/mol. The van der Waals surface area contributed by atoms with Crippen LogP contribution in [0.4, 0.5) is 5.69 Å². The molecule has 1 aromatic carbocycles. The third kappa shape index (κ3) is 3.92. The molecule has 1 amide bonds. The van der Waals surface area contributed by atoms with Crippen LogP contribution in [-0.2, 0) is 9.53 Å². The number of anilines is 1. The normalized spacial score (nSPS) is 10.6. The lowest BCUT2D eigenvalue weighted by Crippen LogP contribution is -2.12. The third-order valence-corrected chi connectivity index (χ3v) is 3.43. The van der Waals surface area contributed by atoms with Gasteiger partial charge in [0, 0.05) is 37.2 Å². The summed E-state index contributed by atoms with van der Waals surface area (Å²) in [5.74, 6) is 0.00876. The lowest BCUT2D eigenvalue weighted by atomic mass is 10.2. The Balaban J connectivity index is 1.99. The fourth-order valence-corrected chi connectivity index (χ4v) is 2.06. The van der Waals surface area contributed by atoms with Crippen LogP contribution in [0.1, 0.15) is 24.2 Å². The van der Waals surface area contributed by atoms with Crippen molar-refractivity contribution < 1.29 is 9.53 Å². The molecule has 5 nitrogen and oxygen atoms in total. The molecular formula is C16H21N3O2. The molecule has 0 fully saturated rings. The van der Waals surface area contributed by atoms with Gasteiger partial charge in [0.25, 0.3) is 0 Å². The number of nitrogens with zero attached hydrogens (tertiary/aromatic N) is 2. The van der Waals surface area contributed by atoms with Gasteiger partial charge in [0.05, 0.1) is 12.0 Å². The summed E-state index contributed by atoms with van der Waals surface area (Å²) in [5, 5.41) is 2.88. The lowest BCUT2D eigenvalue weighted by Gasteiger charge is -2.08. The molecule has 0 unspecified atom stereocenters. The van der Waals surface area contributed by atoms with Gasteiger partial charge in [-0.25, -0.2) is 4.98 Å². The molecule has 0 aliphatic heterocycles. The molecule has 0 radical (unpaired) electrons. The second kappa shape index (κ2) is 7.04. The predicted octanol–water partition coefficient (Wildman–Crippen LogP) is 2.85. The Labute approximate surface area is 125 Å². The smallest absolute Gasteiger partial charge is 0.224 e. The Hall–Kier alpha value is -2.14. The van der Waals surface area contributed by atoms with E-state index in [0.29, 0.717) is 13.0 Å². The largest absolute Gasteiger partial charge is 0.385 e. The maximum atomic E-state index is 11.7. The standard InChI is InChI=1S/C16H21N3O2/c1-12-13(2)19(11-17-12)15-8-6-14(7-9-15)18-16(20)5-4-10-21-3/h6-9,11H,4-5,10H2,1-3H3,(H,18,20). The molecule has 0 spiro atoms. The topological polar surface area (TPSA) is 56.1 Å². The van der Waals surface area contributed by atoms with Crippen molar-refractivity contribution in [2.75, 3.05) is 19.0 Å². The van der Waals surface area contributed by atoms with Crippen LogP contribution in [0.5, 0.6) is 0 Å². The van der Waals surface area contributed by atoms with E-state index in [-0.39, 0.29) is 5.91 Å². The highest BCUT2D eigenvalue weighted by atomic mass is 16.5. The first-order chi connectivity index (χ1) is 10.1. The Morgan fingerprint density at radius 2 is 2.00 bits per heavy atom. The number of carbonyl (C=O) groups excluding carboxylic acids is 1. The predicted molar refractivity (Wildman–Crippen MR) is 82.8 cm³/mol. The molecule has 1 N–H and O–H groups in total. The monoisotopic (exact) mass is 287 g/mol. The Kier molecular flexibility index (Phi) is 5.11. The molecule has 5 heteroatoms. The summed E-state index contributed by atoms with van der Waals surface area (Å²) >= 11 is 0. The van der Waals surface area contributed by atoms with Gasteiger partial charge in [0.1, 0.15) is 0 Å². The summed E-state index contributed by atoms with van der Waals surface area (Å²) in [6, 6.07) is 7.74. The van der Waals surface area contributed by atoms with E-state index in [1.807, 2.05) is 49.0 Å². The van der Waals surface area contributed by atoms with Gasteiger partial charge in [-0.1, -0.05) is 0 Å². The molecule has 0 saturated heterocycles. The van der Waals surface area contributed by atoms with Crippen molar-refractivity contribution in [2.24, 2.45) is 0 Å². The molecule has 1 aromatic heterocycles. The summed E-state index contributed by atoms with van der Waals surface area (Å²) in [5.41, 5.74) is 3.97. The van der Waals surface area contributed by atoms with Crippen LogP contribution in [0, 0.1) is 13.8 Å². The molecule has 21 heavy (non-hydrogen) atoms. The summed E-state index contributed by atoms with van der Waals surface area (Å²) in [6.45, 7) is 4.62. The molecule has 1 heterocycles. The minimum atomic E-state index is 0.00876. The Morgan fingerprint density at radius 1 is 1.29 bits per heavy atom. The van der Waals surface area contributed by atoms with Crippen LogP contribution in [0.25, 0.3) is 5.69 Å². The molecule has 2 aromatic rings. The Morgan fingerprint density at radius 3 is 2.57 bits per heavy atom. The first-order valence-corrected chi connectivity index (χ1v) is 7.01. The minimum Gasteiger partial charge on any atom is -0.385 e. The molecule has 2 rings (SSSR count).